The third-order valence-electron chi connectivity index (χ3n) is 2.16. The zero-order chi connectivity index (χ0) is 12.3. The van der Waals surface area contributed by atoms with E-state index in [0.717, 1.165) is 32.8 Å². The predicted molar refractivity (Wildman–Crippen MR) is 65.8 cm³/mol. The Morgan fingerprint density at radius 2 is 1.69 bits per heavy atom. The van der Waals surface area contributed by atoms with Crippen LogP contribution in [-0.4, -0.2) is 53.7 Å². The molecule has 98 valence electrons. The Kier molecular flexibility index (Phi) is 9.92. The average molecular weight is 233 g/mol. The average Bonchev–Trinajstić information content (AvgIpc) is 2.22. The summed E-state index contributed by atoms with van der Waals surface area (Å²) in [5.41, 5.74) is 0.200. The molecule has 0 heterocycles. The van der Waals surface area contributed by atoms with Crippen LogP contribution in [0, 0.1) is 5.41 Å². The van der Waals surface area contributed by atoms with E-state index in [1.54, 1.807) is 7.11 Å². The van der Waals surface area contributed by atoms with Crippen molar-refractivity contribution >= 4 is 0 Å². The molecule has 4 heteroatoms. The number of methoxy groups -OCH3 is 1. The van der Waals surface area contributed by atoms with Crippen molar-refractivity contribution in [3.05, 3.63) is 0 Å². The van der Waals surface area contributed by atoms with Gasteiger partial charge in [0.2, 0.25) is 0 Å². The highest BCUT2D eigenvalue weighted by atomic mass is 16.5. The molecular weight excluding hydrogens is 206 g/mol. The first kappa shape index (κ1) is 15.8. The predicted octanol–water partition coefficient (Wildman–Crippen LogP) is 1.30. The fraction of sp³-hybridized carbons (Fsp3) is 1.00. The van der Waals surface area contributed by atoms with Gasteiger partial charge >= 0.3 is 0 Å². The summed E-state index contributed by atoms with van der Waals surface area (Å²) in [4.78, 5) is 0. The van der Waals surface area contributed by atoms with Crippen LogP contribution >= 0.6 is 0 Å². The van der Waals surface area contributed by atoms with E-state index in [0.29, 0.717) is 13.2 Å². The van der Waals surface area contributed by atoms with Crippen molar-refractivity contribution in [2.24, 2.45) is 5.41 Å². The van der Waals surface area contributed by atoms with Crippen LogP contribution < -0.4 is 5.32 Å². The fourth-order valence-electron chi connectivity index (χ4n) is 1.39. The van der Waals surface area contributed by atoms with E-state index in [2.05, 4.69) is 19.2 Å². The molecule has 0 aliphatic heterocycles. The highest BCUT2D eigenvalue weighted by Crippen LogP contribution is 2.13. The first-order chi connectivity index (χ1) is 7.62. The number of hydrogen-bond donors (Lipinski definition) is 1. The van der Waals surface area contributed by atoms with Crippen LogP contribution in [0.5, 0.6) is 0 Å². The number of nitrogens with one attached hydrogen (secondary N) is 1. The minimum Gasteiger partial charge on any atom is -0.382 e. The van der Waals surface area contributed by atoms with Gasteiger partial charge in [0.05, 0.1) is 19.8 Å². The Morgan fingerprint density at radius 1 is 1.00 bits per heavy atom. The van der Waals surface area contributed by atoms with Gasteiger partial charge in [0.25, 0.3) is 0 Å². The van der Waals surface area contributed by atoms with Gasteiger partial charge in [-0.25, -0.2) is 0 Å². The molecule has 0 aliphatic carbocycles. The Hall–Kier alpha value is -0.160. The summed E-state index contributed by atoms with van der Waals surface area (Å²) in [5.74, 6) is 0. The third-order valence-corrected chi connectivity index (χ3v) is 2.16. The molecule has 0 aromatic heterocycles. The third kappa shape index (κ3) is 10.4. The van der Waals surface area contributed by atoms with Crippen molar-refractivity contribution in [1.29, 1.82) is 0 Å². The summed E-state index contributed by atoms with van der Waals surface area (Å²) in [6, 6.07) is 0. The van der Waals surface area contributed by atoms with Crippen molar-refractivity contribution < 1.29 is 14.2 Å². The van der Waals surface area contributed by atoms with Crippen molar-refractivity contribution in [2.75, 3.05) is 53.7 Å². The van der Waals surface area contributed by atoms with Gasteiger partial charge in [-0.05, 0) is 13.5 Å². The van der Waals surface area contributed by atoms with Gasteiger partial charge in [-0.2, -0.15) is 0 Å². The van der Waals surface area contributed by atoms with Crippen LogP contribution in [0.2, 0.25) is 0 Å². The summed E-state index contributed by atoms with van der Waals surface area (Å²) in [7, 11) is 3.64. The van der Waals surface area contributed by atoms with Gasteiger partial charge in [0.1, 0.15) is 0 Å². The molecule has 0 amide bonds. The fourth-order valence-corrected chi connectivity index (χ4v) is 1.39. The summed E-state index contributed by atoms with van der Waals surface area (Å²) < 4.78 is 15.8. The smallest absolute Gasteiger partial charge is 0.0700 e. The maximum atomic E-state index is 5.61. The number of hydrogen-bond acceptors (Lipinski definition) is 4. The lowest BCUT2D eigenvalue weighted by Crippen LogP contribution is -2.31. The van der Waals surface area contributed by atoms with Gasteiger partial charge in [0, 0.05) is 32.3 Å². The van der Waals surface area contributed by atoms with E-state index in [-0.39, 0.29) is 5.41 Å². The van der Waals surface area contributed by atoms with Crippen LogP contribution in [0.25, 0.3) is 0 Å². The van der Waals surface area contributed by atoms with Gasteiger partial charge in [-0.3, -0.25) is 0 Å². The molecular formula is C12H27NO3. The van der Waals surface area contributed by atoms with Gasteiger partial charge in [-0.15, -0.1) is 0 Å². The van der Waals surface area contributed by atoms with Crippen LogP contribution in [-0.2, 0) is 14.2 Å². The molecule has 0 saturated heterocycles. The molecule has 0 rings (SSSR count). The molecule has 0 saturated carbocycles. The quantitative estimate of drug-likeness (QED) is 0.546. The molecule has 16 heavy (non-hydrogen) atoms. The lowest BCUT2D eigenvalue weighted by molar-refractivity contribution is 0.0313. The van der Waals surface area contributed by atoms with Crippen molar-refractivity contribution in [3.63, 3.8) is 0 Å². The van der Waals surface area contributed by atoms with Crippen LogP contribution in [0.15, 0.2) is 0 Å². The highest BCUT2D eigenvalue weighted by molar-refractivity contribution is 4.69. The second-order valence-corrected chi connectivity index (χ2v) is 4.71. The second-order valence-electron chi connectivity index (χ2n) is 4.71. The van der Waals surface area contributed by atoms with Crippen molar-refractivity contribution in [1.82, 2.24) is 5.32 Å². The molecule has 0 aromatic rings. The Labute approximate surface area is 99.6 Å². The lowest BCUT2D eigenvalue weighted by Gasteiger charge is -2.23. The van der Waals surface area contributed by atoms with Gasteiger partial charge in [-0.1, -0.05) is 13.8 Å². The molecule has 4 nitrogen and oxygen atoms in total. The molecule has 1 N–H and O–H groups in total. The summed E-state index contributed by atoms with van der Waals surface area (Å²) in [6.45, 7) is 8.98. The molecule has 0 aliphatic rings. The van der Waals surface area contributed by atoms with E-state index in [4.69, 9.17) is 14.2 Å². The minimum atomic E-state index is 0.200. The van der Waals surface area contributed by atoms with Crippen LogP contribution in [0.4, 0.5) is 0 Å². The lowest BCUT2D eigenvalue weighted by atomic mass is 9.95. The summed E-state index contributed by atoms with van der Waals surface area (Å²) in [5, 5.41) is 3.16. The van der Waals surface area contributed by atoms with Gasteiger partial charge in [0.15, 0.2) is 0 Å². The molecule has 0 bridgehead atoms. The molecule has 0 atom stereocenters. The first-order valence-corrected chi connectivity index (χ1v) is 5.91. The standard InChI is InChI=1S/C12H27NO3/c1-12(2,10-13-3)11-16-7-5-6-15-9-8-14-4/h13H,5-11H2,1-4H3. The monoisotopic (exact) mass is 233 g/mol. The summed E-state index contributed by atoms with van der Waals surface area (Å²) >= 11 is 0. The van der Waals surface area contributed by atoms with Crippen molar-refractivity contribution in [2.45, 2.75) is 20.3 Å². The zero-order valence-corrected chi connectivity index (χ0v) is 11.2. The SMILES string of the molecule is CNCC(C)(C)COCCCOCCOC. The van der Waals surface area contributed by atoms with E-state index in [9.17, 15) is 0 Å². The van der Waals surface area contributed by atoms with Crippen molar-refractivity contribution in [3.8, 4) is 0 Å². The molecule has 0 aromatic carbocycles. The molecule has 0 spiro atoms. The number of ether oxygens (including phenoxy) is 3. The Bertz CT molecular complexity index is 151. The Balaban J connectivity index is 3.20. The maximum Gasteiger partial charge on any atom is 0.0700 e. The van der Waals surface area contributed by atoms with E-state index < -0.39 is 0 Å². The highest BCUT2D eigenvalue weighted by Gasteiger charge is 2.16. The topological polar surface area (TPSA) is 39.7 Å². The normalized spacial score (nSPS) is 12.0. The molecule has 0 fully saturated rings. The van der Waals surface area contributed by atoms with E-state index in [1.165, 1.54) is 0 Å². The summed E-state index contributed by atoms with van der Waals surface area (Å²) in [6.07, 6.45) is 0.944. The minimum absolute atomic E-state index is 0.200. The molecule has 0 unspecified atom stereocenters. The van der Waals surface area contributed by atoms with Crippen LogP contribution in [0.3, 0.4) is 0 Å². The maximum absolute atomic E-state index is 5.61. The van der Waals surface area contributed by atoms with Crippen LogP contribution in [0.1, 0.15) is 20.3 Å². The molecule has 0 radical (unpaired) electrons. The van der Waals surface area contributed by atoms with E-state index >= 15 is 0 Å². The van der Waals surface area contributed by atoms with E-state index in [1.807, 2.05) is 7.05 Å². The first-order valence-electron chi connectivity index (χ1n) is 5.91. The second kappa shape index (κ2) is 10.0. The Morgan fingerprint density at radius 3 is 2.31 bits per heavy atom. The number of rotatable bonds is 11. The van der Waals surface area contributed by atoms with Gasteiger partial charge < -0.3 is 19.5 Å². The largest absolute Gasteiger partial charge is 0.382 e. The zero-order valence-electron chi connectivity index (χ0n) is 11.2.